The number of nitrogens with zero attached hydrogens (tertiary/aromatic N) is 2. The van der Waals surface area contributed by atoms with Crippen molar-refractivity contribution in [1.29, 1.82) is 0 Å². The number of rotatable bonds is 1. The average molecular weight is 199 g/mol. The predicted molar refractivity (Wildman–Crippen MR) is 52.3 cm³/mol. The zero-order chi connectivity index (χ0) is 9.10. The van der Waals surface area contributed by atoms with Crippen LogP contribution in [-0.2, 0) is 4.74 Å². The van der Waals surface area contributed by atoms with E-state index in [1.54, 1.807) is 6.07 Å². The van der Waals surface area contributed by atoms with E-state index in [4.69, 9.17) is 16.3 Å². The van der Waals surface area contributed by atoms with Crippen LogP contribution in [-0.4, -0.2) is 31.3 Å². The molecule has 3 nitrogen and oxygen atoms in total. The van der Waals surface area contributed by atoms with Gasteiger partial charge >= 0.3 is 0 Å². The van der Waals surface area contributed by atoms with Gasteiger partial charge < -0.3 is 9.64 Å². The first-order chi connectivity index (χ1) is 6.36. The van der Waals surface area contributed by atoms with E-state index < -0.39 is 0 Å². The van der Waals surface area contributed by atoms with Crippen LogP contribution >= 0.6 is 11.6 Å². The molecule has 1 aliphatic heterocycles. The summed E-state index contributed by atoms with van der Waals surface area (Å²) in [6, 6.07) is 5.67. The number of aromatic nitrogens is 1. The molecule has 0 amide bonds. The monoisotopic (exact) mass is 198 g/mol. The molecular formula is C9H11ClN2O. The Kier molecular flexibility index (Phi) is 2.66. The first kappa shape index (κ1) is 8.78. The number of hydrogen-bond donors (Lipinski definition) is 0. The molecule has 1 aromatic heterocycles. The number of ether oxygens (including phenoxy) is 1. The van der Waals surface area contributed by atoms with Gasteiger partial charge in [-0.3, -0.25) is 0 Å². The number of morpholine rings is 1. The lowest BCUT2D eigenvalue weighted by atomic mass is 10.4. The van der Waals surface area contributed by atoms with E-state index in [0.29, 0.717) is 5.15 Å². The Morgan fingerprint density at radius 3 is 2.77 bits per heavy atom. The maximum atomic E-state index is 5.80. The summed E-state index contributed by atoms with van der Waals surface area (Å²) in [5.41, 5.74) is 0. The van der Waals surface area contributed by atoms with E-state index in [1.807, 2.05) is 12.1 Å². The molecule has 0 saturated carbocycles. The highest BCUT2D eigenvalue weighted by Gasteiger charge is 2.11. The fourth-order valence-corrected chi connectivity index (χ4v) is 1.53. The van der Waals surface area contributed by atoms with Gasteiger partial charge in [-0.05, 0) is 12.1 Å². The number of halogens is 1. The highest BCUT2D eigenvalue weighted by atomic mass is 35.5. The summed E-state index contributed by atoms with van der Waals surface area (Å²) in [7, 11) is 0. The smallest absolute Gasteiger partial charge is 0.131 e. The minimum atomic E-state index is 0.545. The molecule has 0 unspecified atom stereocenters. The van der Waals surface area contributed by atoms with Crippen molar-refractivity contribution in [2.75, 3.05) is 31.2 Å². The van der Waals surface area contributed by atoms with Crippen molar-refractivity contribution in [1.82, 2.24) is 4.98 Å². The lowest BCUT2D eigenvalue weighted by Crippen LogP contribution is -2.36. The van der Waals surface area contributed by atoms with Crippen LogP contribution in [0.4, 0.5) is 5.82 Å². The number of pyridine rings is 1. The van der Waals surface area contributed by atoms with Crippen LogP contribution in [0.1, 0.15) is 0 Å². The lowest BCUT2D eigenvalue weighted by molar-refractivity contribution is 0.122. The second-order valence-electron chi connectivity index (χ2n) is 2.92. The fraction of sp³-hybridized carbons (Fsp3) is 0.444. The van der Waals surface area contributed by atoms with E-state index in [9.17, 15) is 0 Å². The molecule has 1 saturated heterocycles. The molecule has 1 aromatic rings. The van der Waals surface area contributed by atoms with Crippen LogP contribution in [0.5, 0.6) is 0 Å². The van der Waals surface area contributed by atoms with Gasteiger partial charge in [-0.15, -0.1) is 0 Å². The summed E-state index contributed by atoms with van der Waals surface area (Å²) in [6.45, 7) is 3.34. The molecule has 0 atom stereocenters. The molecule has 70 valence electrons. The highest BCUT2D eigenvalue weighted by molar-refractivity contribution is 6.29. The van der Waals surface area contributed by atoms with Crippen LogP contribution < -0.4 is 4.90 Å². The van der Waals surface area contributed by atoms with Gasteiger partial charge in [0, 0.05) is 13.1 Å². The molecule has 2 heterocycles. The quantitative estimate of drug-likeness (QED) is 0.641. The van der Waals surface area contributed by atoms with Crippen molar-refractivity contribution < 1.29 is 4.74 Å². The minimum absolute atomic E-state index is 0.545. The molecule has 0 radical (unpaired) electrons. The van der Waals surface area contributed by atoms with Gasteiger partial charge in [-0.25, -0.2) is 4.98 Å². The average Bonchev–Trinajstić information content (AvgIpc) is 2.19. The molecule has 0 aromatic carbocycles. The van der Waals surface area contributed by atoms with E-state index in [0.717, 1.165) is 32.1 Å². The molecule has 2 rings (SSSR count). The van der Waals surface area contributed by atoms with Crippen molar-refractivity contribution >= 4 is 17.4 Å². The molecule has 1 fully saturated rings. The molecule has 0 bridgehead atoms. The summed E-state index contributed by atoms with van der Waals surface area (Å²) >= 11 is 5.80. The van der Waals surface area contributed by atoms with Crippen molar-refractivity contribution in [3.8, 4) is 0 Å². The molecule has 0 aliphatic carbocycles. The molecule has 4 heteroatoms. The van der Waals surface area contributed by atoms with E-state index in [1.165, 1.54) is 0 Å². The third-order valence-electron chi connectivity index (χ3n) is 2.04. The van der Waals surface area contributed by atoms with Crippen LogP contribution in [0.25, 0.3) is 0 Å². The Balaban J connectivity index is 2.14. The maximum absolute atomic E-state index is 5.80. The van der Waals surface area contributed by atoms with Gasteiger partial charge in [-0.2, -0.15) is 0 Å². The van der Waals surface area contributed by atoms with E-state index in [2.05, 4.69) is 9.88 Å². The minimum Gasteiger partial charge on any atom is -0.378 e. The van der Waals surface area contributed by atoms with Crippen molar-refractivity contribution in [2.24, 2.45) is 0 Å². The lowest BCUT2D eigenvalue weighted by Gasteiger charge is -2.27. The highest BCUT2D eigenvalue weighted by Crippen LogP contribution is 2.15. The standard InChI is InChI=1S/C9H11ClN2O/c10-8-2-1-3-9(11-8)12-4-6-13-7-5-12/h1-3H,4-7H2. The van der Waals surface area contributed by atoms with Crippen molar-refractivity contribution in [2.45, 2.75) is 0 Å². The first-order valence-electron chi connectivity index (χ1n) is 4.31. The summed E-state index contributed by atoms with van der Waals surface area (Å²) < 4.78 is 5.25. The fourth-order valence-electron chi connectivity index (χ4n) is 1.37. The molecule has 1 aliphatic rings. The van der Waals surface area contributed by atoms with Gasteiger partial charge in [0.05, 0.1) is 13.2 Å². The molecule has 0 spiro atoms. The van der Waals surface area contributed by atoms with Crippen molar-refractivity contribution in [3.05, 3.63) is 23.4 Å². The Bertz CT molecular complexity index is 287. The Labute approximate surface area is 82.3 Å². The largest absolute Gasteiger partial charge is 0.378 e. The first-order valence-corrected chi connectivity index (χ1v) is 4.69. The number of hydrogen-bond acceptors (Lipinski definition) is 3. The summed E-state index contributed by atoms with van der Waals surface area (Å²) in [4.78, 5) is 6.41. The molecule has 0 N–H and O–H groups in total. The second-order valence-corrected chi connectivity index (χ2v) is 3.31. The van der Waals surface area contributed by atoms with E-state index >= 15 is 0 Å². The van der Waals surface area contributed by atoms with Gasteiger partial charge in [0.15, 0.2) is 0 Å². The zero-order valence-corrected chi connectivity index (χ0v) is 8.00. The van der Waals surface area contributed by atoms with Gasteiger partial charge in [0.2, 0.25) is 0 Å². The van der Waals surface area contributed by atoms with Crippen LogP contribution in [0, 0.1) is 0 Å². The summed E-state index contributed by atoms with van der Waals surface area (Å²) in [6.07, 6.45) is 0. The summed E-state index contributed by atoms with van der Waals surface area (Å²) in [5.74, 6) is 0.941. The topological polar surface area (TPSA) is 25.4 Å². The molecular weight excluding hydrogens is 188 g/mol. The Morgan fingerprint density at radius 2 is 2.08 bits per heavy atom. The SMILES string of the molecule is Clc1cccc(N2CCOCC2)n1. The zero-order valence-electron chi connectivity index (χ0n) is 7.24. The predicted octanol–water partition coefficient (Wildman–Crippen LogP) is 1.57. The van der Waals surface area contributed by atoms with Crippen LogP contribution in [0.2, 0.25) is 5.15 Å². The van der Waals surface area contributed by atoms with Gasteiger partial charge in [-0.1, -0.05) is 17.7 Å². The molecule has 13 heavy (non-hydrogen) atoms. The Morgan fingerprint density at radius 1 is 1.31 bits per heavy atom. The van der Waals surface area contributed by atoms with Gasteiger partial charge in [0.25, 0.3) is 0 Å². The number of anilines is 1. The van der Waals surface area contributed by atoms with Gasteiger partial charge in [0.1, 0.15) is 11.0 Å². The normalized spacial score (nSPS) is 17.5. The second kappa shape index (κ2) is 3.94. The van der Waals surface area contributed by atoms with Crippen LogP contribution in [0.15, 0.2) is 18.2 Å². The van der Waals surface area contributed by atoms with Crippen LogP contribution in [0.3, 0.4) is 0 Å². The third-order valence-corrected chi connectivity index (χ3v) is 2.25. The third kappa shape index (κ3) is 2.11. The Hall–Kier alpha value is -0.800. The summed E-state index contributed by atoms with van der Waals surface area (Å²) in [5, 5.41) is 0.545. The van der Waals surface area contributed by atoms with E-state index in [-0.39, 0.29) is 0 Å². The van der Waals surface area contributed by atoms with Crippen molar-refractivity contribution in [3.63, 3.8) is 0 Å². The maximum Gasteiger partial charge on any atom is 0.131 e.